The van der Waals surface area contributed by atoms with Gasteiger partial charge in [0, 0.05) is 35.8 Å². The highest BCUT2D eigenvalue weighted by molar-refractivity contribution is 9.10. The Balaban J connectivity index is 1.96. The monoisotopic (exact) mass is 342 g/mol. The molecule has 0 spiro atoms. The van der Waals surface area contributed by atoms with Gasteiger partial charge >= 0.3 is 5.97 Å². The highest BCUT2D eigenvalue weighted by atomic mass is 79.9. The summed E-state index contributed by atoms with van der Waals surface area (Å²) in [5, 5.41) is 12.4. The number of aromatic carboxylic acids is 1. The van der Waals surface area contributed by atoms with Crippen LogP contribution in [0.1, 0.15) is 17.3 Å². The van der Waals surface area contributed by atoms with Gasteiger partial charge in [0.2, 0.25) is 0 Å². The van der Waals surface area contributed by atoms with Crippen molar-refractivity contribution in [3.63, 3.8) is 0 Å². The highest BCUT2D eigenvalue weighted by Gasteiger charge is 2.14. The van der Waals surface area contributed by atoms with E-state index in [1.165, 1.54) is 0 Å². The van der Waals surface area contributed by atoms with Crippen LogP contribution in [-0.2, 0) is 4.74 Å². The van der Waals surface area contributed by atoms with Crippen LogP contribution in [0, 0.1) is 0 Å². The lowest BCUT2D eigenvalue weighted by Crippen LogP contribution is -2.42. The van der Waals surface area contributed by atoms with Gasteiger partial charge in [0.05, 0.1) is 18.8 Å². The summed E-state index contributed by atoms with van der Waals surface area (Å²) in [5.74, 6) is -0.921. The third-order valence-electron chi connectivity index (χ3n) is 3.19. The number of halogens is 1. The highest BCUT2D eigenvalue weighted by Crippen LogP contribution is 2.20. The molecule has 20 heavy (non-hydrogen) atoms. The maximum absolute atomic E-state index is 11.0. The summed E-state index contributed by atoms with van der Waals surface area (Å²) in [6.07, 6.45) is 0. The van der Waals surface area contributed by atoms with Crippen LogP contribution in [0.25, 0.3) is 0 Å². The molecule has 0 amide bonds. The largest absolute Gasteiger partial charge is 0.478 e. The van der Waals surface area contributed by atoms with Crippen LogP contribution in [0.3, 0.4) is 0 Å². The smallest absolute Gasteiger partial charge is 0.335 e. The molecule has 5 nitrogen and oxygen atoms in total. The van der Waals surface area contributed by atoms with Crippen LogP contribution in [0.4, 0.5) is 5.69 Å². The van der Waals surface area contributed by atoms with E-state index in [9.17, 15) is 4.79 Å². The van der Waals surface area contributed by atoms with E-state index in [0.717, 1.165) is 43.0 Å². The first kappa shape index (κ1) is 15.3. The lowest BCUT2D eigenvalue weighted by molar-refractivity contribution is 0.0368. The molecule has 0 aliphatic carbocycles. The normalized spacial score (nSPS) is 17.7. The summed E-state index contributed by atoms with van der Waals surface area (Å²) in [4.78, 5) is 13.4. The third-order valence-corrected chi connectivity index (χ3v) is 3.65. The number of rotatable bonds is 5. The molecule has 6 heteroatoms. The second-order valence-electron chi connectivity index (χ2n) is 4.99. The predicted octanol–water partition coefficient (Wildman–Crippen LogP) is 2.28. The van der Waals surface area contributed by atoms with E-state index in [-0.39, 0.29) is 11.6 Å². The fourth-order valence-corrected chi connectivity index (χ4v) is 2.79. The second kappa shape index (κ2) is 7.06. The molecule has 1 unspecified atom stereocenters. The van der Waals surface area contributed by atoms with E-state index in [0.29, 0.717) is 0 Å². The van der Waals surface area contributed by atoms with Gasteiger partial charge in [-0.05, 0) is 25.1 Å². The number of benzene rings is 1. The van der Waals surface area contributed by atoms with Gasteiger partial charge in [-0.15, -0.1) is 0 Å². The molecule has 2 rings (SSSR count). The van der Waals surface area contributed by atoms with Crippen molar-refractivity contribution in [1.29, 1.82) is 0 Å². The van der Waals surface area contributed by atoms with Gasteiger partial charge in [-0.25, -0.2) is 4.79 Å². The Hall–Kier alpha value is -1.11. The fourth-order valence-electron chi connectivity index (χ4n) is 2.30. The minimum atomic E-state index is -0.921. The Morgan fingerprint density at radius 1 is 1.45 bits per heavy atom. The minimum Gasteiger partial charge on any atom is -0.478 e. The number of ether oxygens (including phenoxy) is 1. The van der Waals surface area contributed by atoms with E-state index in [1.807, 2.05) is 6.07 Å². The maximum Gasteiger partial charge on any atom is 0.335 e. The van der Waals surface area contributed by atoms with Crippen molar-refractivity contribution in [2.75, 3.05) is 38.2 Å². The van der Waals surface area contributed by atoms with E-state index >= 15 is 0 Å². The van der Waals surface area contributed by atoms with Crippen molar-refractivity contribution in [2.45, 2.75) is 13.0 Å². The van der Waals surface area contributed by atoms with E-state index in [4.69, 9.17) is 9.84 Å². The summed E-state index contributed by atoms with van der Waals surface area (Å²) < 4.78 is 6.09. The van der Waals surface area contributed by atoms with Crippen LogP contribution in [0.15, 0.2) is 22.7 Å². The molecule has 1 saturated heterocycles. The number of morpholine rings is 1. The topological polar surface area (TPSA) is 61.8 Å². The molecule has 1 aliphatic rings. The molecule has 0 saturated carbocycles. The van der Waals surface area contributed by atoms with Crippen molar-refractivity contribution >= 4 is 27.6 Å². The van der Waals surface area contributed by atoms with Crippen molar-refractivity contribution in [2.24, 2.45) is 0 Å². The van der Waals surface area contributed by atoms with Crippen molar-refractivity contribution in [3.05, 3.63) is 28.2 Å². The molecule has 1 aromatic carbocycles. The Bertz CT molecular complexity index is 475. The summed E-state index contributed by atoms with van der Waals surface area (Å²) in [7, 11) is 0. The number of carboxylic acids is 1. The molecule has 1 aliphatic heterocycles. The first-order valence-electron chi connectivity index (χ1n) is 6.65. The Labute approximate surface area is 127 Å². The van der Waals surface area contributed by atoms with Gasteiger partial charge < -0.3 is 15.2 Å². The molecule has 0 radical (unpaired) electrons. The number of hydrogen-bond acceptors (Lipinski definition) is 4. The number of hydrogen-bond donors (Lipinski definition) is 2. The SMILES string of the molecule is CC(CN1CCOCC1)Nc1cc(Br)cc(C(=O)O)c1. The molecule has 110 valence electrons. The number of anilines is 1. The molecular weight excluding hydrogens is 324 g/mol. The van der Waals surface area contributed by atoms with Crippen LogP contribution >= 0.6 is 15.9 Å². The Morgan fingerprint density at radius 2 is 2.15 bits per heavy atom. The average Bonchev–Trinajstić information content (AvgIpc) is 2.38. The van der Waals surface area contributed by atoms with Gasteiger partial charge in [0.15, 0.2) is 0 Å². The summed E-state index contributed by atoms with van der Waals surface area (Å²) in [6.45, 7) is 6.48. The van der Waals surface area contributed by atoms with Gasteiger partial charge in [0.25, 0.3) is 0 Å². The number of carboxylic acid groups (broad SMARTS) is 1. The van der Waals surface area contributed by atoms with Gasteiger partial charge in [-0.2, -0.15) is 0 Å². The van der Waals surface area contributed by atoms with Crippen molar-refractivity contribution in [3.8, 4) is 0 Å². The number of carbonyl (C=O) groups is 1. The third kappa shape index (κ3) is 4.47. The molecule has 0 aromatic heterocycles. The first-order valence-corrected chi connectivity index (χ1v) is 7.44. The number of nitrogens with one attached hydrogen (secondary N) is 1. The van der Waals surface area contributed by atoms with E-state index in [2.05, 4.69) is 33.1 Å². The Morgan fingerprint density at radius 3 is 2.80 bits per heavy atom. The lowest BCUT2D eigenvalue weighted by atomic mass is 10.2. The molecule has 1 fully saturated rings. The quantitative estimate of drug-likeness (QED) is 0.859. The van der Waals surface area contributed by atoms with Crippen LogP contribution in [0.5, 0.6) is 0 Å². The van der Waals surface area contributed by atoms with Crippen molar-refractivity contribution in [1.82, 2.24) is 4.90 Å². The van der Waals surface area contributed by atoms with Gasteiger partial charge in [-0.1, -0.05) is 15.9 Å². The van der Waals surface area contributed by atoms with Gasteiger partial charge in [0.1, 0.15) is 0 Å². The zero-order valence-electron chi connectivity index (χ0n) is 11.4. The van der Waals surface area contributed by atoms with E-state index < -0.39 is 5.97 Å². The van der Waals surface area contributed by atoms with Gasteiger partial charge in [-0.3, -0.25) is 4.90 Å². The maximum atomic E-state index is 11.0. The molecule has 1 heterocycles. The van der Waals surface area contributed by atoms with Crippen molar-refractivity contribution < 1.29 is 14.6 Å². The summed E-state index contributed by atoms with van der Waals surface area (Å²) >= 11 is 3.34. The molecule has 1 atom stereocenters. The second-order valence-corrected chi connectivity index (χ2v) is 5.91. The van der Waals surface area contributed by atoms with Crippen LogP contribution in [0.2, 0.25) is 0 Å². The molecule has 0 bridgehead atoms. The lowest BCUT2D eigenvalue weighted by Gasteiger charge is -2.29. The van der Waals surface area contributed by atoms with E-state index in [1.54, 1.807) is 12.1 Å². The molecule has 1 aromatic rings. The predicted molar refractivity (Wildman–Crippen MR) is 81.4 cm³/mol. The van der Waals surface area contributed by atoms with Crippen LogP contribution < -0.4 is 5.32 Å². The zero-order valence-corrected chi connectivity index (χ0v) is 13.0. The summed E-state index contributed by atoms with van der Waals surface area (Å²) in [6, 6.07) is 5.38. The molecule has 2 N–H and O–H groups in total. The first-order chi connectivity index (χ1) is 9.54. The zero-order chi connectivity index (χ0) is 14.5. The van der Waals surface area contributed by atoms with Crippen LogP contribution in [-0.4, -0.2) is 54.9 Å². The average molecular weight is 343 g/mol. The minimum absolute atomic E-state index is 0.240. The summed E-state index contributed by atoms with van der Waals surface area (Å²) in [5.41, 5.74) is 1.10. The number of nitrogens with zero attached hydrogens (tertiary/aromatic N) is 1. The molecular formula is C14H19BrN2O3. The standard InChI is InChI=1S/C14H19BrN2O3/c1-10(9-17-2-4-20-5-3-17)16-13-7-11(14(18)19)6-12(15)8-13/h6-8,10,16H,2-5,9H2,1H3,(H,18,19). The fraction of sp³-hybridized carbons (Fsp3) is 0.500. The Kier molecular flexibility index (Phi) is 5.39.